The van der Waals surface area contributed by atoms with Crippen LogP contribution in [0, 0.1) is 0 Å². The third kappa shape index (κ3) is 2.74. The molecule has 1 atom stereocenters. The second-order valence-corrected chi connectivity index (χ2v) is 4.88. The van der Waals surface area contributed by atoms with E-state index in [1.54, 1.807) is 0 Å². The molecule has 1 aliphatic rings. The van der Waals surface area contributed by atoms with Crippen LogP contribution in [-0.2, 0) is 0 Å². The van der Waals surface area contributed by atoms with Crippen LogP contribution in [0.15, 0.2) is 42.7 Å². The van der Waals surface area contributed by atoms with Gasteiger partial charge in [0.1, 0.15) is 0 Å². The summed E-state index contributed by atoms with van der Waals surface area (Å²) in [5.74, 6) is 0.707. The summed E-state index contributed by atoms with van der Waals surface area (Å²) < 4.78 is 0. The molecule has 4 heteroatoms. The second kappa shape index (κ2) is 5.36. The number of aliphatic hydroxyl groups excluding tert-OH is 1. The van der Waals surface area contributed by atoms with Crippen molar-refractivity contribution in [3.63, 3.8) is 0 Å². The standard InChI is InChI=1S/C15H17N3O/c19-14-7-4-8-18(11-14)15-16-9-13(10-17-15)12-5-2-1-3-6-12/h1-3,5-6,9-10,14,19H,4,7-8,11H2. The van der Waals surface area contributed by atoms with Gasteiger partial charge in [0.05, 0.1) is 6.10 Å². The predicted octanol–water partition coefficient (Wildman–Crippen LogP) is 2.10. The van der Waals surface area contributed by atoms with Gasteiger partial charge in [-0.05, 0) is 18.4 Å². The number of aromatic nitrogens is 2. The van der Waals surface area contributed by atoms with E-state index in [4.69, 9.17) is 0 Å². The van der Waals surface area contributed by atoms with Crippen molar-refractivity contribution in [1.82, 2.24) is 9.97 Å². The Bertz CT molecular complexity index is 527. The Morgan fingerprint density at radius 1 is 1.05 bits per heavy atom. The highest BCUT2D eigenvalue weighted by atomic mass is 16.3. The molecule has 19 heavy (non-hydrogen) atoms. The smallest absolute Gasteiger partial charge is 0.225 e. The van der Waals surface area contributed by atoms with Crippen LogP contribution in [-0.4, -0.2) is 34.3 Å². The van der Waals surface area contributed by atoms with Gasteiger partial charge in [-0.3, -0.25) is 0 Å². The van der Waals surface area contributed by atoms with Crippen molar-refractivity contribution in [3.8, 4) is 11.1 Å². The molecule has 1 aromatic carbocycles. The summed E-state index contributed by atoms with van der Waals surface area (Å²) in [6, 6.07) is 10.1. The molecule has 2 aromatic rings. The lowest BCUT2D eigenvalue weighted by atomic mass is 10.1. The van der Waals surface area contributed by atoms with Crippen molar-refractivity contribution >= 4 is 5.95 Å². The molecule has 1 fully saturated rings. The van der Waals surface area contributed by atoms with Crippen molar-refractivity contribution < 1.29 is 5.11 Å². The lowest BCUT2D eigenvalue weighted by Gasteiger charge is -2.29. The highest BCUT2D eigenvalue weighted by Gasteiger charge is 2.19. The number of anilines is 1. The molecule has 3 rings (SSSR count). The largest absolute Gasteiger partial charge is 0.391 e. The molecule has 0 saturated carbocycles. The van der Waals surface area contributed by atoms with E-state index in [2.05, 4.69) is 9.97 Å². The minimum absolute atomic E-state index is 0.258. The lowest BCUT2D eigenvalue weighted by Crippen LogP contribution is -2.39. The third-order valence-corrected chi connectivity index (χ3v) is 3.42. The van der Waals surface area contributed by atoms with Gasteiger partial charge < -0.3 is 10.0 Å². The van der Waals surface area contributed by atoms with E-state index in [-0.39, 0.29) is 6.10 Å². The molecule has 98 valence electrons. The van der Waals surface area contributed by atoms with Crippen LogP contribution in [0.4, 0.5) is 5.95 Å². The highest BCUT2D eigenvalue weighted by Crippen LogP contribution is 2.20. The minimum atomic E-state index is -0.258. The molecule has 2 heterocycles. The summed E-state index contributed by atoms with van der Waals surface area (Å²) in [6.07, 6.45) is 5.30. The summed E-state index contributed by atoms with van der Waals surface area (Å²) in [5.41, 5.74) is 2.13. The van der Waals surface area contributed by atoms with Crippen LogP contribution in [0.2, 0.25) is 0 Å². The molecule has 4 nitrogen and oxygen atoms in total. The molecule has 1 aromatic heterocycles. The van der Waals surface area contributed by atoms with Gasteiger partial charge in [0.15, 0.2) is 0 Å². The van der Waals surface area contributed by atoms with Crippen molar-refractivity contribution in [2.24, 2.45) is 0 Å². The number of benzene rings is 1. The Morgan fingerprint density at radius 3 is 2.47 bits per heavy atom. The van der Waals surface area contributed by atoms with Gasteiger partial charge in [-0.1, -0.05) is 30.3 Å². The lowest BCUT2D eigenvalue weighted by molar-refractivity contribution is 0.153. The molecule has 0 radical (unpaired) electrons. The van der Waals surface area contributed by atoms with E-state index in [0.29, 0.717) is 12.5 Å². The number of aliphatic hydroxyl groups is 1. The Morgan fingerprint density at radius 2 is 1.79 bits per heavy atom. The zero-order valence-electron chi connectivity index (χ0n) is 10.7. The van der Waals surface area contributed by atoms with Gasteiger partial charge >= 0.3 is 0 Å². The molecule has 1 unspecified atom stereocenters. The van der Waals surface area contributed by atoms with Crippen LogP contribution in [0.3, 0.4) is 0 Å². The van der Waals surface area contributed by atoms with Gasteiger partial charge in [-0.2, -0.15) is 0 Å². The fraction of sp³-hybridized carbons (Fsp3) is 0.333. The molecule has 0 amide bonds. The third-order valence-electron chi connectivity index (χ3n) is 3.42. The fourth-order valence-electron chi connectivity index (χ4n) is 2.40. The quantitative estimate of drug-likeness (QED) is 0.893. The predicted molar refractivity (Wildman–Crippen MR) is 74.9 cm³/mol. The SMILES string of the molecule is OC1CCCN(c2ncc(-c3ccccc3)cn2)C1. The van der Waals surface area contributed by atoms with E-state index in [9.17, 15) is 5.11 Å². The van der Waals surface area contributed by atoms with Crippen LogP contribution in [0.5, 0.6) is 0 Å². The summed E-state index contributed by atoms with van der Waals surface area (Å²) in [7, 11) is 0. The summed E-state index contributed by atoms with van der Waals surface area (Å²) in [4.78, 5) is 10.9. The van der Waals surface area contributed by atoms with Crippen molar-refractivity contribution in [3.05, 3.63) is 42.7 Å². The molecule has 0 spiro atoms. The Kier molecular flexibility index (Phi) is 3.42. The molecule has 0 aliphatic carbocycles. The highest BCUT2D eigenvalue weighted by molar-refractivity contribution is 5.61. The van der Waals surface area contributed by atoms with Crippen molar-refractivity contribution in [1.29, 1.82) is 0 Å². The maximum atomic E-state index is 9.68. The van der Waals surface area contributed by atoms with Gasteiger partial charge in [0.2, 0.25) is 5.95 Å². The molecule has 1 saturated heterocycles. The van der Waals surface area contributed by atoms with Gasteiger partial charge in [0, 0.05) is 31.0 Å². The molecular weight excluding hydrogens is 238 g/mol. The number of β-amino-alcohol motifs (C(OH)–C–C–N with tert-alkyl or cyclic N) is 1. The Balaban J connectivity index is 1.79. The average molecular weight is 255 g/mol. The molecule has 1 N–H and O–H groups in total. The molecule has 1 aliphatic heterocycles. The van der Waals surface area contributed by atoms with Gasteiger partial charge in [-0.25, -0.2) is 9.97 Å². The maximum absolute atomic E-state index is 9.68. The van der Waals surface area contributed by atoms with Crippen LogP contribution >= 0.6 is 0 Å². The van der Waals surface area contributed by atoms with E-state index in [0.717, 1.165) is 30.5 Å². The van der Waals surface area contributed by atoms with Crippen molar-refractivity contribution in [2.75, 3.05) is 18.0 Å². The summed E-state index contributed by atoms with van der Waals surface area (Å²) >= 11 is 0. The van der Waals surface area contributed by atoms with E-state index < -0.39 is 0 Å². The monoisotopic (exact) mass is 255 g/mol. The topological polar surface area (TPSA) is 49.2 Å². The Hall–Kier alpha value is -1.94. The summed E-state index contributed by atoms with van der Waals surface area (Å²) in [5, 5.41) is 9.68. The first-order valence-corrected chi connectivity index (χ1v) is 6.63. The van der Waals surface area contributed by atoms with E-state index in [1.165, 1.54) is 0 Å². The van der Waals surface area contributed by atoms with E-state index in [1.807, 2.05) is 47.6 Å². The number of rotatable bonds is 2. The van der Waals surface area contributed by atoms with Gasteiger partial charge in [-0.15, -0.1) is 0 Å². The number of piperidine rings is 1. The normalized spacial score (nSPS) is 19.4. The first kappa shape index (κ1) is 12.1. The molecular formula is C15H17N3O. The fourth-order valence-corrected chi connectivity index (χ4v) is 2.40. The van der Waals surface area contributed by atoms with E-state index >= 15 is 0 Å². The zero-order chi connectivity index (χ0) is 13.1. The van der Waals surface area contributed by atoms with Gasteiger partial charge in [0.25, 0.3) is 0 Å². The van der Waals surface area contributed by atoms with Crippen LogP contribution in [0.1, 0.15) is 12.8 Å². The number of nitrogens with zero attached hydrogens (tertiary/aromatic N) is 3. The van der Waals surface area contributed by atoms with Crippen LogP contribution < -0.4 is 4.90 Å². The molecule has 0 bridgehead atoms. The summed E-state index contributed by atoms with van der Waals surface area (Å²) in [6.45, 7) is 1.55. The number of hydrogen-bond donors (Lipinski definition) is 1. The zero-order valence-corrected chi connectivity index (χ0v) is 10.7. The minimum Gasteiger partial charge on any atom is -0.391 e. The number of hydrogen-bond acceptors (Lipinski definition) is 4. The average Bonchev–Trinajstić information content (AvgIpc) is 2.48. The maximum Gasteiger partial charge on any atom is 0.225 e. The first-order chi connectivity index (χ1) is 9.33. The Labute approximate surface area is 112 Å². The van der Waals surface area contributed by atoms with Crippen molar-refractivity contribution in [2.45, 2.75) is 18.9 Å². The first-order valence-electron chi connectivity index (χ1n) is 6.63. The van der Waals surface area contributed by atoms with Crippen LogP contribution in [0.25, 0.3) is 11.1 Å². The second-order valence-electron chi connectivity index (χ2n) is 4.88.